The number of carbonyl (C=O) groups excluding carboxylic acids is 1. The molecule has 110 valence electrons. The highest BCUT2D eigenvalue weighted by atomic mass is 35.5. The third kappa shape index (κ3) is 2.58. The van der Waals surface area contributed by atoms with Gasteiger partial charge in [-0.25, -0.2) is 0 Å². The highest BCUT2D eigenvalue weighted by Crippen LogP contribution is 2.34. The molecule has 1 aliphatic rings. The van der Waals surface area contributed by atoms with E-state index >= 15 is 0 Å². The van der Waals surface area contributed by atoms with Gasteiger partial charge in [0, 0.05) is 17.1 Å². The molecule has 0 saturated heterocycles. The maximum Gasteiger partial charge on any atom is 0.258 e. The minimum Gasteiger partial charge on any atom is -0.308 e. The topological polar surface area (TPSA) is 44.1 Å². The molecule has 22 heavy (non-hydrogen) atoms. The number of rotatable bonds is 1. The van der Waals surface area contributed by atoms with Crippen molar-refractivity contribution in [2.75, 3.05) is 11.4 Å². The van der Waals surface area contributed by atoms with Crippen LogP contribution in [0.4, 0.5) is 5.69 Å². The summed E-state index contributed by atoms with van der Waals surface area (Å²) in [7, 11) is 0. The van der Waals surface area contributed by atoms with Crippen LogP contribution < -0.4 is 4.90 Å². The van der Waals surface area contributed by atoms with Gasteiger partial charge in [0.25, 0.3) is 5.91 Å². The van der Waals surface area contributed by atoms with E-state index in [0.717, 1.165) is 29.7 Å². The lowest BCUT2D eigenvalue weighted by Gasteiger charge is -2.31. The normalized spacial score (nSPS) is 13.4. The molecule has 0 spiro atoms. The van der Waals surface area contributed by atoms with Crippen molar-refractivity contribution in [2.45, 2.75) is 19.8 Å². The van der Waals surface area contributed by atoms with Gasteiger partial charge in [-0.1, -0.05) is 11.6 Å². The van der Waals surface area contributed by atoms with Crippen LogP contribution in [0.25, 0.3) is 0 Å². The molecule has 0 radical (unpaired) electrons. The average molecular weight is 311 g/mol. The van der Waals surface area contributed by atoms with E-state index in [9.17, 15) is 4.79 Å². The Hall–Kier alpha value is -2.31. The van der Waals surface area contributed by atoms with Crippen LogP contribution in [0.1, 0.15) is 33.5 Å². The van der Waals surface area contributed by atoms with E-state index in [-0.39, 0.29) is 5.91 Å². The summed E-state index contributed by atoms with van der Waals surface area (Å²) in [6.07, 6.45) is 1.86. The molecule has 0 N–H and O–H groups in total. The molecular weight excluding hydrogens is 296 g/mol. The monoisotopic (exact) mass is 310 g/mol. The Morgan fingerprint density at radius 1 is 1.27 bits per heavy atom. The standard InChI is InChI=1S/C18H15ClN2O/c1-12-9-16(19)10-15-3-2-8-21(17(12)15)18(22)14-6-4-13(11-20)5-7-14/h4-7,9-10H,2-3,8H2,1H3. The van der Waals surface area contributed by atoms with Crippen LogP contribution in [0, 0.1) is 18.3 Å². The van der Waals surface area contributed by atoms with Gasteiger partial charge < -0.3 is 4.90 Å². The molecule has 2 aromatic carbocycles. The third-order valence-corrected chi connectivity index (χ3v) is 4.17. The van der Waals surface area contributed by atoms with Crippen molar-refractivity contribution in [3.8, 4) is 6.07 Å². The molecule has 0 fully saturated rings. The minimum atomic E-state index is -0.0316. The number of hydrogen-bond donors (Lipinski definition) is 0. The molecule has 2 aromatic rings. The molecule has 1 amide bonds. The number of hydrogen-bond acceptors (Lipinski definition) is 2. The SMILES string of the molecule is Cc1cc(Cl)cc2c1N(C(=O)c1ccc(C#N)cc1)CCC2. The summed E-state index contributed by atoms with van der Waals surface area (Å²) < 4.78 is 0. The predicted octanol–water partition coefficient (Wildman–Crippen LogP) is 4.11. The first-order valence-corrected chi connectivity index (χ1v) is 7.59. The van der Waals surface area contributed by atoms with Crippen molar-refractivity contribution >= 4 is 23.2 Å². The van der Waals surface area contributed by atoms with Crippen LogP contribution in [0.3, 0.4) is 0 Å². The molecule has 3 nitrogen and oxygen atoms in total. The summed E-state index contributed by atoms with van der Waals surface area (Å²) >= 11 is 6.13. The van der Waals surface area contributed by atoms with Crippen molar-refractivity contribution in [3.63, 3.8) is 0 Å². The second-order valence-electron chi connectivity index (χ2n) is 5.48. The van der Waals surface area contributed by atoms with Gasteiger partial charge >= 0.3 is 0 Å². The van der Waals surface area contributed by atoms with Gasteiger partial charge in [0.15, 0.2) is 0 Å². The Bertz CT molecular complexity index is 775. The van der Waals surface area contributed by atoms with Crippen molar-refractivity contribution < 1.29 is 4.79 Å². The van der Waals surface area contributed by atoms with Gasteiger partial charge in [-0.2, -0.15) is 5.26 Å². The van der Waals surface area contributed by atoms with Gasteiger partial charge in [0.1, 0.15) is 0 Å². The van der Waals surface area contributed by atoms with E-state index < -0.39 is 0 Å². The Morgan fingerprint density at radius 2 is 2.00 bits per heavy atom. The van der Waals surface area contributed by atoms with Crippen LogP contribution >= 0.6 is 11.6 Å². The third-order valence-electron chi connectivity index (χ3n) is 3.95. The highest BCUT2D eigenvalue weighted by Gasteiger charge is 2.25. The van der Waals surface area contributed by atoms with E-state index in [1.165, 1.54) is 0 Å². The number of nitriles is 1. The fourth-order valence-corrected chi connectivity index (χ4v) is 3.26. The smallest absolute Gasteiger partial charge is 0.258 e. The summed E-state index contributed by atoms with van der Waals surface area (Å²) in [4.78, 5) is 14.6. The Kier molecular flexibility index (Phi) is 3.87. The van der Waals surface area contributed by atoms with Gasteiger partial charge in [0.05, 0.1) is 17.3 Å². The Balaban J connectivity index is 2.00. The Labute approximate surface area is 134 Å². The average Bonchev–Trinajstić information content (AvgIpc) is 2.53. The minimum absolute atomic E-state index is 0.0316. The number of amides is 1. The maximum absolute atomic E-state index is 12.8. The second-order valence-corrected chi connectivity index (χ2v) is 5.92. The number of benzene rings is 2. The number of fused-ring (bicyclic) bond motifs is 1. The first-order chi connectivity index (χ1) is 10.6. The summed E-state index contributed by atoms with van der Waals surface area (Å²) in [6.45, 7) is 2.68. The van der Waals surface area contributed by atoms with E-state index in [4.69, 9.17) is 16.9 Å². The van der Waals surface area contributed by atoms with E-state index in [1.54, 1.807) is 24.3 Å². The molecule has 3 rings (SSSR count). The van der Waals surface area contributed by atoms with E-state index in [2.05, 4.69) is 6.07 Å². The summed E-state index contributed by atoms with van der Waals surface area (Å²) in [6, 6.07) is 12.7. The van der Waals surface area contributed by atoms with E-state index in [0.29, 0.717) is 22.7 Å². The van der Waals surface area contributed by atoms with Crippen LogP contribution in [0.2, 0.25) is 5.02 Å². The number of carbonyl (C=O) groups is 1. The first-order valence-electron chi connectivity index (χ1n) is 7.21. The van der Waals surface area contributed by atoms with Gasteiger partial charge in [0.2, 0.25) is 0 Å². The first kappa shape index (κ1) is 14.6. The summed E-state index contributed by atoms with van der Waals surface area (Å²) in [5, 5.41) is 9.56. The molecule has 0 saturated carbocycles. The number of aryl methyl sites for hydroxylation is 2. The van der Waals surface area contributed by atoms with Crippen LogP contribution in [-0.4, -0.2) is 12.5 Å². The zero-order valence-corrected chi connectivity index (χ0v) is 13.0. The molecule has 4 heteroatoms. The number of halogens is 1. The molecule has 0 aromatic heterocycles. The predicted molar refractivity (Wildman–Crippen MR) is 87.3 cm³/mol. The van der Waals surface area contributed by atoms with Gasteiger partial charge in [-0.3, -0.25) is 4.79 Å². The fraction of sp³-hybridized carbons (Fsp3) is 0.222. The quantitative estimate of drug-likeness (QED) is 0.795. The molecule has 1 heterocycles. The lowest BCUT2D eigenvalue weighted by molar-refractivity contribution is 0.0985. The lowest BCUT2D eigenvalue weighted by atomic mass is 9.97. The molecule has 0 aliphatic carbocycles. The van der Waals surface area contributed by atoms with Gasteiger partial charge in [-0.05, 0) is 67.3 Å². The zero-order chi connectivity index (χ0) is 15.7. The molecule has 0 unspecified atom stereocenters. The van der Waals surface area contributed by atoms with E-state index in [1.807, 2.05) is 24.0 Å². The van der Waals surface area contributed by atoms with Gasteiger partial charge in [-0.15, -0.1) is 0 Å². The number of anilines is 1. The molecule has 0 bridgehead atoms. The van der Waals surface area contributed by atoms with Crippen LogP contribution in [-0.2, 0) is 6.42 Å². The van der Waals surface area contributed by atoms with Crippen molar-refractivity contribution in [1.82, 2.24) is 0 Å². The fourth-order valence-electron chi connectivity index (χ4n) is 2.97. The molecular formula is C18H15ClN2O. The second kappa shape index (κ2) is 5.82. The van der Waals surface area contributed by atoms with Crippen LogP contribution in [0.5, 0.6) is 0 Å². The Morgan fingerprint density at radius 3 is 2.68 bits per heavy atom. The molecule has 1 aliphatic heterocycles. The highest BCUT2D eigenvalue weighted by molar-refractivity contribution is 6.31. The summed E-state index contributed by atoms with van der Waals surface area (Å²) in [5.41, 5.74) is 4.27. The zero-order valence-electron chi connectivity index (χ0n) is 12.3. The van der Waals surface area contributed by atoms with Crippen molar-refractivity contribution in [1.29, 1.82) is 5.26 Å². The largest absolute Gasteiger partial charge is 0.308 e. The molecule has 0 atom stereocenters. The summed E-state index contributed by atoms with van der Waals surface area (Å²) in [5.74, 6) is -0.0316. The lowest BCUT2D eigenvalue weighted by Crippen LogP contribution is -2.36. The van der Waals surface area contributed by atoms with Crippen molar-refractivity contribution in [3.05, 3.63) is 63.7 Å². The maximum atomic E-state index is 12.8. The number of nitrogens with zero attached hydrogens (tertiary/aromatic N) is 2. The van der Waals surface area contributed by atoms with Crippen LogP contribution in [0.15, 0.2) is 36.4 Å². The van der Waals surface area contributed by atoms with Crippen molar-refractivity contribution in [2.24, 2.45) is 0 Å².